The molecule has 0 aliphatic carbocycles. The third-order valence-electron chi connectivity index (χ3n) is 1.13. The first-order chi connectivity index (χ1) is 5.59. The minimum absolute atomic E-state index is 0.326. The Bertz CT molecular complexity index is 314. The molecule has 0 unspecified atom stereocenters. The lowest BCUT2D eigenvalue weighted by Crippen LogP contribution is -2.04. The van der Waals surface area contributed by atoms with E-state index < -0.39 is 0 Å². The number of aromatic nitrogens is 1. The smallest absolute Gasteiger partial charge is 0.154 e. The number of halogens is 2. The molecule has 5 heteroatoms. The van der Waals surface area contributed by atoms with Crippen molar-refractivity contribution in [1.29, 1.82) is 0 Å². The summed E-state index contributed by atoms with van der Waals surface area (Å²) in [6.07, 6.45) is 0. The summed E-state index contributed by atoms with van der Waals surface area (Å²) >= 11 is 16.2. The highest BCUT2D eigenvalue weighted by Gasteiger charge is 2.01. The fraction of sp³-hybridized carbons (Fsp3) is 0.143. The van der Waals surface area contributed by atoms with Crippen molar-refractivity contribution in [3.8, 4) is 0 Å². The molecule has 0 aliphatic rings. The van der Waals surface area contributed by atoms with Gasteiger partial charge in [-0.25, -0.2) is 4.98 Å². The van der Waals surface area contributed by atoms with E-state index in [1.54, 1.807) is 19.1 Å². The quantitative estimate of drug-likeness (QED) is 0.582. The van der Waals surface area contributed by atoms with E-state index in [9.17, 15) is 0 Å². The maximum absolute atomic E-state index is 5.76. The largest absolute Gasteiger partial charge is 0.348 e. The third kappa shape index (κ3) is 2.59. The van der Waals surface area contributed by atoms with E-state index in [1.807, 2.05) is 0 Å². The summed E-state index contributed by atoms with van der Waals surface area (Å²) in [5.74, 6) is 0. The first-order valence-electron chi connectivity index (χ1n) is 3.19. The molecule has 0 saturated heterocycles. The summed E-state index contributed by atoms with van der Waals surface area (Å²) in [5, 5.41) is 3.57. The van der Waals surface area contributed by atoms with Crippen LogP contribution in [0.5, 0.6) is 0 Å². The van der Waals surface area contributed by atoms with Crippen molar-refractivity contribution in [2.75, 3.05) is 5.32 Å². The molecule has 2 nitrogen and oxygen atoms in total. The Hall–Kier alpha value is -0.380. The Morgan fingerprint density at radius 1 is 1.50 bits per heavy atom. The van der Waals surface area contributed by atoms with Crippen LogP contribution in [0.4, 0.5) is 5.69 Å². The maximum atomic E-state index is 5.76. The summed E-state index contributed by atoms with van der Waals surface area (Å²) in [4.78, 5) is 4.48. The van der Waals surface area contributed by atoms with Crippen LogP contribution in [0.3, 0.4) is 0 Å². The van der Waals surface area contributed by atoms with Crippen LogP contribution < -0.4 is 5.32 Å². The van der Waals surface area contributed by atoms with Crippen LogP contribution in [0, 0.1) is 0 Å². The normalized spacial score (nSPS) is 9.58. The second kappa shape index (κ2) is 4.03. The molecule has 0 aliphatic heterocycles. The first-order valence-corrected chi connectivity index (χ1v) is 4.35. The molecule has 0 amide bonds. The molecule has 1 aromatic rings. The maximum Gasteiger partial charge on any atom is 0.154 e. The van der Waals surface area contributed by atoms with E-state index in [4.69, 9.17) is 35.4 Å². The topological polar surface area (TPSA) is 24.9 Å². The van der Waals surface area contributed by atoms with Crippen molar-refractivity contribution in [2.45, 2.75) is 6.92 Å². The van der Waals surface area contributed by atoms with Gasteiger partial charge >= 0.3 is 0 Å². The fourth-order valence-corrected chi connectivity index (χ4v) is 1.20. The fourth-order valence-electron chi connectivity index (χ4n) is 0.695. The summed E-state index contributed by atoms with van der Waals surface area (Å²) in [7, 11) is 0. The van der Waals surface area contributed by atoms with Crippen molar-refractivity contribution < 1.29 is 0 Å². The van der Waals surface area contributed by atoms with E-state index >= 15 is 0 Å². The van der Waals surface area contributed by atoms with Crippen LogP contribution in [-0.4, -0.2) is 9.97 Å². The van der Waals surface area contributed by atoms with Gasteiger partial charge in [-0.1, -0.05) is 35.4 Å². The van der Waals surface area contributed by atoms with Gasteiger partial charge in [0.1, 0.15) is 5.15 Å². The van der Waals surface area contributed by atoms with Crippen molar-refractivity contribution >= 4 is 46.1 Å². The number of rotatable bonds is 1. The SMILES string of the molecule is CC(=S)Nc1ccc(Cl)nc1Cl. The predicted molar refractivity (Wildman–Crippen MR) is 56.2 cm³/mol. The second-order valence-corrected chi connectivity index (χ2v) is 3.51. The van der Waals surface area contributed by atoms with Gasteiger partial charge in [0, 0.05) is 0 Å². The zero-order valence-corrected chi connectivity index (χ0v) is 8.59. The Kier molecular flexibility index (Phi) is 3.26. The zero-order chi connectivity index (χ0) is 9.14. The molecule has 0 aromatic carbocycles. The first kappa shape index (κ1) is 9.71. The van der Waals surface area contributed by atoms with Gasteiger partial charge in [0.15, 0.2) is 5.15 Å². The van der Waals surface area contributed by atoms with Gasteiger partial charge in [0.05, 0.1) is 10.7 Å². The van der Waals surface area contributed by atoms with E-state index in [2.05, 4.69) is 10.3 Å². The van der Waals surface area contributed by atoms with E-state index in [0.717, 1.165) is 0 Å². The van der Waals surface area contributed by atoms with Crippen LogP contribution in [0.1, 0.15) is 6.92 Å². The second-order valence-electron chi connectivity index (χ2n) is 2.15. The molecule has 1 rings (SSSR count). The van der Waals surface area contributed by atoms with Crippen LogP contribution in [0.2, 0.25) is 10.3 Å². The van der Waals surface area contributed by atoms with Gasteiger partial charge in [-0.2, -0.15) is 0 Å². The van der Waals surface area contributed by atoms with Crippen molar-refractivity contribution in [1.82, 2.24) is 4.98 Å². The van der Waals surface area contributed by atoms with Crippen LogP contribution >= 0.6 is 35.4 Å². The van der Waals surface area contributed by atoms with Gasteiger partial charge in [0.25, 0.3) is 0 Å². The number of hydrogen-bond donors (Lipinski definition) is 1. The van der Waals surface area contributed by atoms with Gasteiger partial charge in [-0.3, -0.25) is 0 Å². The van der Waals surface area contributed by atoms with Gasteiger partial charge in [0.2, 0.25) is 0 Å². The molecule has 12 heavy (non-hydrogen) atoms. The van der Waals surface area contributed by atoms with Crippen LogP contribution in [0.25, 0.3) is 0 Å². The number of thiocarbonyl (C=S) groups is 1. The standard InChI is InChI=1S/C7H6Cl2N2S/c1-4(12)10-5-2-3-6(8)11-7(5)9/h2-3H,1H3,(H,10,12). The molecular formula is C7H6Cl2N2S. The highest BCUT2D eigenvalue weighted by molar-refractivity contribution is 7.80. The zero-order valence-electron chi connectivity index (χ0n) is 6.27. The molecule has 0 bridgehead atoms. The number of anilines is 1. The Morgan fingerprint density at radius 2 is 2.17 bits per heavy atom. The molecule has 1 aromatic heterocycles. The highest BCUT2D eigenvalue weighted by Crippen LogP contribution is 2.21. The monoisotopic (exact) mass is 220 g/mol. The summed E-state index contributed by atoms with van der Waals surface area (Å²) in [5.41, 5.74) is 0.675. The minimum Gasteiger partial charge on any atom is -0.348 e. The molecule has 1 heterocycles. The molecule has 0 saturated carbocycles. The lowest BCUT2D eigenvalue weighted by Gasteiger charge is -2.04. The summed E-state index contributed by atoms with van der Waals surface area (Å²) < 4.78 is 0. The Labute approximate surface area is 85.9 Å². The molecule has 0 fully saturated rings. The van der Waals surface area contributed by atoms with Crippen LogP contribution in [0.15, 0.2) is 12.1 Å². The van der Waals surface area contributed by atoms with E-state index in [-0.39, 0.29) is 0 Å². The number of pyridine rings is 1. The number of nitrogens with one attached hydrogen (secondary N) is 1. The summed E-state index contributed by atoms with van der Waals surface area (Å²) in [6, 6.07) is 3.38. The lowest BCUT2D eigenvalue weighted by molar-refractivity contribution is 1.33. The van der Waals surface area contributed by atoms with Crippen molar-refractivity contribution in [2.24, 2.45) is 0 Å². The summed E-state index contributed by atoms with van der Waals surface area (Å²) in [6.45, 7) is 1.76. The molecular weight excluding hydrogens is 215 g/mol. The number of nitrogens with zero attached hydrogens (tertiary/aromatic N) is 1. The van der Waals surface area contributed by atoms with Gasteiger partial charge in [-0.05, 0) is 19.1 Å². The molecule has 0 radical (unpaired) electrons. The minimum atomic E-state index is 0.326. The average Bonchev–Trinajstić information content (AvgIpc) is 1.94. The predicted octanol–water partition coefficient (Wildman–Crippen LogP) is 3.15. The lowest BCUT2D eigenvalue weighted by atomic mass is 10.4. The molecule has 0 atom stereocenters. The van der Waals surface area contributed by atoms with E-state index in [0.29, 0.717) is 21.0 Å². The van der Waals surface area contributed by atoms with Crippen LogP contribution in [-0.2, 0) is 0 Å². The van der Waals surface area contributed by atoms with E-state index in [1.165, 1.54) is 0 Å². The van der Waals surface area contributed by atoms with Gasteiger partial charge < -0.3 is 5.32 Å². The third-order valence-corrected chi connectivity index (χ3v) is 1.73. The molecule has 0 spiro atoms. The number of hydrogen-bond acceptors (Lipinski definition) is 2. The molecule has 64 valence electrons. The van der Waals surface area contributed by atoms with Crippen molar-refractivity contribution in [3.05, 3.63) is 22.4 Å². The highest BCUT2D eigenvalue weighted by atomic mass is 35.5. The van der Waals surface area contributed by atoms with Crippen molar-refractivity contribution in [3.63, 3.8) is 0 Å². The van der Waals surface area contributed by atoms with Gasteiger partial charge in [-0.15, -0.1) is 0 Å². The average molecular weight is 221 g/mol. The Balaban J connectivity index is 2.93. The molecule has 1 N–H and O–H groups in total. The Morgan fingerprint density at radius 3 is 2.67 bits per heavy atom.